The first-order chi connectivity index (χ1) is 10.9. The third-order valence-electron chi connectivity index (χ3n) is 5.02. The van der Waals surface area contributed by atoms with Crippen LogP contribution < -0.4 is 5.32 Å². The quantitative estimate of drug-likeness (QED) is 0.894. The number of alkyl halides is 3. The number of carbonyl (C=O) groups excluding carboxylic acids is 1. The van der Waals surface area contributed by atoms with Crippen molar-refractivity contribution in [1.29, 1.82) is 0 Å². The number of piperidine rings is 1. The molecule has 1 saturated carbocycles. The summed E-state index contributed by atoms with van der Waals surface area (Å²) in [4.78, 5) is 14.7. The van der Waals surface area contributed by atoms with Crippen LogP contribution in [0.3, 0.4) is 0 Å². The zero-order valence-corrected chi connectivity index (χ0v) is 14.3. The second kappa shape index (κ2) is 6.92. The van der Waals surface area contributed by atoms with Crippen LogP contribution in [-0.2, 0) is 16.4 Å². The van der Waals surface area contributed by atoms with Gasteiger partial charge in [0.1, 0.15) is 0 Å². The van der Waals surface area contributed by atoms with E-state index >= 15 is 0 Å². The molecule has 7 heteroatoms. The Balaban J connectivity index is 0.00000208. The highest BCUT2D eigenvalue weighted by molar-refractivity contribution is 5.91. The Morgan fingerprint density at radius 1 is 1.33 bits per heavy atom. The van der Waals surface area contributed by atoms with Gasteiger partial charge in [0.05, 0.1) is 11.0 Å². The number of hydrogen-bond acceptors (Lipinski definition) is 2. The highest BCUT2D eigenvalue weighted by atomic mass is 35.5. The molecule has 24 heavy (non-hydrogen) atoms. The molecule has 2 fully saturated rings. The molecular weight excluding hydrogens is 341 g/mol. The van der Waals surface area contributed by atoms with Gasteiger partial charge < -0.3 is 10.2 Å². The number of benzene rings is 1. The molecule has 134 valence electrons. The van der Waals surface area contributed by atoms with E-state index in [1.165, 1.54) is 6.07 Å². The monoisotopic (exact) mass is 362 g/mol. The van der Waals surface area contributed by atoms with E-state index in [1.54, 1.807) is 6.07 Å². The molecule has 1 aromatic rings. The smallest absolute Gasteiger partial charge is 0.340 e. The van der Waals surface area contributed by atoms with Crippen molar-refractivity contribution in [2.24, 2.45) is 0 Å². The van der Waals surface area contributed by atoms with Gasteiger partial charge in [-0.15, -0.1) is 12.4 Å². The lowest BCUT2D eigenvalue weighted by Crippen LogP contribution is -2.50. The first-order valence-corrected chi connectivity index (χ1v) is 8.01. The summed E-state index contributed by atoms with van der Waals surface area (Å²) in [6.45, 7) is 1.33. The lowest BCUT2D eigenvalue weighted by molar-refractivity contribution is -0.138. The van der Waals surface area contributed by atoms with E-state index in [2.05, 4.69) is 5.32 Å². The molecule has 1 saturated heterocycles. The van der Waals surface area contributed by atoms with Crippen LogP contribution in [0, 0.1) is 0 Å². The molecule has 3 rings (SSSR count). The Bertz CT molecular complexity index is 602. The molecule has 2 aliphatic rings. The lowest BCUT2D eigenvalue weighted by atomic mass is 9.91. The molecule has 1 aliphatic heterocycles. The van der Waals surface area contributed by atoms with Crippen LogP contribution in [0.4, 0.5) is 13.2 Å². The van der Waals surface area contributed by atoms with Gasteiger partial charge in [-0.2, -0.15) is 13.2 Å². The fourth-order valence-corrected chi connectivity index (χ4v) is 3.44. The summed E-state index contributed by atoms with van der Waals surface area (Å²) in [6, 6.07) is 5.52. The summed E-state index contributed by atoms with van der Waals surface area (Å²) in [6.07, 6.45) is -1.16. The van der Waals surface area contributed by atoms with Crippen LogP contribution >= 0.6 is 12.4 Å². The van der Waals surface area contributed by atoms with Crippen LogP contribution in [0.2, 0.25) is 0 Å². The van der Waals surface area contributed by atoms with E-state index in [9.17, 15) is 18.0 Å². The first kappa shape index (κ1) is 19.1. The van der Waals surface area contributed by atoms with Crippen LogP contribution in [0.15, 0.2) is 24.3 Å². The van der Waals surface area contributed by atoms with Crippen molar-refractivity contribution in [2.75, 3.05) is 20.1 Å². The number of likely N-dealkylation sites (N-methyl/N-ethyl adjacent to an activating group) is 1. The number of likely N-dealkylation sites (tertiary alicyclic amines) is 1. The predicted molar refractivity (Wildman–Crippen MR) is 88.3 cm³/mol. The van der Waals surface area contributed by atoms with Gasteiger partial charge in [-0.05, 0) is 44.4 Å². The molecule has 0 bridgehead atoms. The van der Waals surface area contributed by atoms with Crippen molar-refractivity contribution >= 4 is 18.3 Å². The molecule has 0 radical (unpaired) electrons. The number of carbonyl (C=O) groups is 1. The van der Waals surface area contributed by atoms with Gasteiger partial charge in [-0.1, -0.05) is 18.2 Å². The molecule has 0 aromatic heterocycles. The minimum atomic E-state index is -4.38. The van der Waals surface area contributed by atoms with Gasteiger partial charge in [0.25, 0.3) is 0 Å². The topological polar surface area (TPSA) is 32.3 Å². The summed E-state index contributed by atoms with van der Waals surface area (Å²) in [5, 5.41) is 3.19. The molecule has 1 heterocycles. The molecule has 3 nitrogen and oxygen atoms in total. The van der Waals surface area contributed by atoms with Crippen molar-refractivity contribution in [2.45, 2.75) is 43.3 Å². The van der Waals surface area contributed by atoms with E-state index in [1.807, 2.05) is 11.9 Å². The Morgan fingerprint density at radius 3 is 2.62 bits per heavy atom. The number of amides is 1. The Morgan fingerprint density at radius 2 is 2.04 bits per heavy atom. The summed E-state index contributed by atoms with van der Waals surface area (Å²) in [5.74, 6) is -0.0169. The van der Waals surface area contributed by atoms with E-state index in [0.717, 1.165) is 25.0 Å². The minimum Gasteiger partial charge on any atom is -0.340 e. The zero-order valence-electron chi connectivity index (χ0n) is 13.5. The van der Waals surface area contributed by atoms with Crippen LogP contribution in [-0.4, -0.2) is 37.0 Å². The summed E-state index contributed by atoms with van der Waals surface area (Å²) in [7, 11) is 1.87. The lowest BCUT2D eigenvalue weighted by Gasteiger charge is -2.35. The molecular formula is C17H22ClF3N2O. The summed E-state index contributed by atoms with van der Waals surface area (Å²) in [5.41, 5.74) is -0.915. The fourth-order valence-electron chi connectivity index (χ4n) is 3.44. The molecule has 1 N–H and O–H groups in total. The van der Waals surface area contributed by atoms with Gasteiger partial charge in [-0.3, -0.25) is 4.79 Å². The van der Waals surface area contributed by atoms with Gasteiger partial charge >= 0.3 is 6.18 Å². The Labute approximate surface area is 146 Å². The summed E-state index contributed by atoms with van der Waals surface area (Å²) >= 11 is 0. The van der Waals surface area contributed by atoms with Crippen molar-refractivity contribution in [3.05, 3.63) is 35.4 Å². The van der Waals surface area contributed by atoms with E-state index in [-0.39, 0.29) is 24.4 Å². The number of rotatable bonds is 3. The van der Waals surface area contributed by atoms with Gasteiger partial charge in [0.15, 0.2) is 0 Å². The van der Waals surface area contributed by atoms with Crippen LogP contribution in [0.5, 0.6) is 0 Å². The highest BCUT2D eigenvalue weighted by Crippen LogP contribution is 2.50. The number of halogens is 4. The largest absolute Gasteiger partial charge is 0.416 e. The standard InChI is InChI=1S/C17H21F3N2O.ClH/c1-21-14-6-3-9-22(11-14)15(23)16(7-8-16)12-4-2-5-13(10-12)17(18,19)20;/h2,4-5,10,14,21H,3,6-9,11H2,1H3;1H. The first-order valence-electron chi connectivity index (χ1n) is 8.01. The Hall–Kier alpha value is -1.27. The molecule has 1 amide bonds. The average molecular weight is 363 g/mol. The number of nitrogens with one attached hydrogen (secondary N) is 1. The molecule has 1 atom stereocenters. The summed E-state index contributed by atoms with van der Waals surface area (Å²) < 4.78 is 38.8. The maximum absolute atomic E-state index is 12.9. The average Bonchev–Trinajstić information content (AvgIpc) is 3.35. The van der Waals surface area contributed by atoms with Crippen LogP contribution in [0.25, 0.3) is 0 Å². The second-order valence-corrected chi connectivity index (χ2v) is 6.54. The van der Waals surface area contributed by atoms with Crippen molar-refractivity contribution in [3.8, 4) is 0 Å². The fraction of sp³-hybridized carbons (Fsp3) is 0.588. The van der Waals surface area contributed by atoms with E-state index < -0.39 is 17.2 Å². The van der Waals surface area contributed by atoms with Crippen molar-refractivity contribution < 1.29 is 18.0 Å². The molecule has 1 unspecified atom stereocenters. The van der Waals surface area contributed by atoms with Crippen LogP contribution in [0.1, 0.15) is 36.8 Å². The van der Waals surface area contributed by atoms with E-state index in [4.69, 9.17) is 0 Å². The molecule has 1 aliphatic carbocycles. The second-order valence-electron chi connectivity index (χ2n) is 6.54. The van der Waals surface area contributed by atoms with Gasteiger partial charge in [0.2, 0.25) is 5.91 Å². The molecule has 0 spiro atoms. The Kier molecular flexibility index (Phi) is 5.50. The third-order valence-corrected chi connectivity index (χ3v) is 5.02. The van der Waals surface area contributed by atoms with E-state index in [0.29, 0.717) is 31.5 Å². The zero-order chi connectivity index (χ0) is 16.7. The predicted octanol–water partition coefficient (Wildman–Crippen LogP) is 3.37. The SMILES string of the molecule is CNC1CCCN(C(=O)C2(c3cccc(C(F)(F)F)c3)CC2)C1.Cl. The molecule has 1 aromatic carbocycles. The highest BCUT2D eigenvalue weighted by Gasteiger charge is 2.53. The third kappa shape index (κ3) is 3.54. The van der Waals surface area contributed by atoms with Gasteiger partial charge in [-0.25, -0.2) is 0 Å². The normalized spacial score (nSPS) is 22.7. The minimum absolute atomic E-state index is 0. The maximum Gasteiger partial charge on any atom is 0.416 e. The number of nitrogens with zero attached hydrogens (tertiary/aromatic N) is 1. The van der Waals surface area contributed by atoms with Crippen molar-refractivity contribution in [1.82, 2.24) is 10.2 Å². The van der Waals surface area contributed by atoms with Gasteiger partial charge in [0, 0.05) is 19.1 Å². The maximum atomic E-state index is 12.9. The number of hydrogen-bond donors (Lipinski definition) is 1. The van der Waals surface area contributed by atoms with Crippen molar-refractivity contribution in [3.63, 3.8) is 0 Å².